The Morgan fingerprint density at radius 2 is 1.86 bits per heavy atom. The number of carbonyl (C=O) groups is 2. The fourth-order valence-electron chi connectivity index (χ4n) is 4.59. The molecule has 29 heavy (non-hydrogen) atoms. The second-order valence-electron chi connectivity index (χ2n) is 9.82. The minimum absolute atomic E-state index is 0.140. The molecular weight excluding hydrogens is 385 g/mol. The van der Waals surface area contributed by atoms with E-state index in [1.165, 1.54) is 4.90 Å². The van der Waals surface area contributed by atoms with Crippen LogP contribution in [0, 0.1) is 10.8 Å². The maximum Gasteiger partial charge on any atom is 0.433 e. The standard InChI is InChI=1S/C20H27F3N4O2/c1-17(2,3)27-14(20(21,22)23)12(9-25-27)16(29)26-7-6-19(11-26)8-13(24)15(28)18(4,5)10-19/h8-9H,6-7,10-11,24H2,1-5H3/t19-/m1/s1. The van der Waals surface area contributed by atoms with Crippen molar-refractivity contribution in [1.82, 2.24) is 14.7 Å². The molecule has 0 radical (unpaired) electrons. The van der Waals surface area contributed by atoms with Crippen LogP contribution in [0.5, 0.6) is 0 Å². The normalized spacial score (nSPS) is 24.9. The van der Waals surface area contributed by atoms with E-state index in [1.54, 1.807) is 40.7 Å². The van der Waals surface area contributed by atoms with Crippen molar-refractivity contribution in [2.24, 2.45) is 16.6 Å². The van der Waals surface area contributed by atoms with Crippen LogP contribution >= 0.6 is 0 Å². The Morgan fingerprint density at radius 3 is 2.38 bits per heavy atom. The van der Waals surface area contributed by atoms with Crippen molar-refractivity contribution in [1.29, 1.82) is 0 Å². The third-order valence-corrected chi connectivity index (χ3v) is 5.71. The Balaban J connectivity index is 1.94. The number of likely N-dealkylation sites (tertiary alicyclic amines) is 1. The van der Waals surface area contributed by atoms with Gasteiger partial charge in [-0.15, -0.1) is 0 Å². The van der Waals surface area contributed by atoms with Gasteiger partial charge in [0.2, 0.25) is 0 Å². The van der Waals surface area contributed by atoms with E-state index < -0.39 is 39.7 Å². The summed E-state index contributed by atoms with van der Waals surface area (Å²) in [6, 6.07) is 0. The van der Waals surface area contributed by atoms with Crippen LogP contribution in [0.1, 0.15) is 63.5 Å². The monoisotopic (exact) mass is 412 g/mol. The molecule has 1 fully saturated rings. The summed E-state index contributed by atoms with van der Waals surface area (Å²) in [5.41, 5.74) is 2.48. The van der Waals surface area contributed by atoms with Gasteiger partial charge in [-0.2, -0.15) is 18.3 Å². The van der Waals surface area contributed by atoms with Gasteiger partial charge in [0.15, 0.2) is 11.5 Å². The molecule has 2 heterocycles. The Bertz CT molecular complexity index is 893. The third-order valence-electron chi connectivity index (χ3n) is 5.71. The van der Waals surface area contributed by atoms with E-state index in [-0.39, 0.29) is 18.0 Å². The fourth-order valence-corrected chi connectivity index (χ4v) is 4.59. The second-order valence-corrected chi connectivity index (χ2v) is 9.82. The Kier molecular flexibility index (Phi) is 4.67. The van der Waals surface area contributed by atoms with Crippen molar-refractivity contribution in [2.75, 3.05) is 13.1 Å². The van der Waals surface area contributed by atoms with Gasteiger partial charge in [-0.25, -0.2) is 0 Å². The van der Waals surface area contributed by atoms with Gasteiger partial charge in [-0.1, -0.05) is 13.8 Å². The molecule has 1 aromatic heterocycles. The van der Waals surface area contributed by atoms with Crippen LogP contribution in [0.25, 0.3) is 0 Å². The Hall–Kier alpha value is -2.32. The fraction of sp³-hybridized carbons (Fsp3) is 0.650. The molecule has 3 rings (SSSR count). The lowest BCUT2D eigenvalue weighted by atomic mass is 9.65. The first kappa shape index (κ1) is 21.4. The maximum absolute atomic E-state index is 13.8. The van der Waals surface area contributed by atoms with Crippen LogP contribution in [-0.4, -0.2) is 39.5 Å². The Labute approximate surface area is 167 Å². The molecule has 9 heteroatoms. The highest BCUT2D eigenvalue weighted by molar-refractivity contribution is 6.00. The van der Waals surface area contributed by atoms with Gasteiger partial charge in [-0.05, 0) is 39.7 Å². The quantitative estimate of drug-likeness (QED) is 0.767. The molecule has 6 nitrogen and oxygen atoms in total. The summed E-state index contributed by atoms with van der Waals surface area (Å²) < 4.78 is 42.2. The molecule has 160 valence electrons. The maximum atomic E-state index is 13.8. The second kappa shape index (κ2) is 6.34. The number of alkyl halides is 3. The van der Waals surface area contributed by atoms with Crippen molar-refractivity contribution in [2.45, 2.75) is 59.2 Å². The van der Waals surface area contributed by atoms with E-state index >= 15 is 0 Å². The molecule has 1 amide bonds. The molecule has 0 saturated carbocycles. The summed E-state index contributed by atoms with van der Waals surface area (Å²) in [7, 11) is 0. The molecule has 1 saturated heterocycles. The highest BCUT2D eigenvalue weighted by Gasteiger charge is 2.50. The molecule has 1 spiro atoms. The number of hydrogen-bond acceptors (Lipinski definition) is 4. The molecule has 1 aromatic rings. The molecular formula is C20H27F3N4O2. The molecule has 1 atom stereocenters. The highest BCUT2D eigenvalue weighted by atomic mass is 19.4. The van der Waals surface area contributed by atoms with Crippen LogP contribution in [0.15, 0.2) is 18.0 Å². The van der Waals surface area contributed by atoms with Crippen LogP contribution in [-0.2, 0) is 16.5 Å². The number of hydrogen-bond donors (Lipinski definition) is 1. The molecule has 0 bridgehead atoms. The van der Waals surface area contributed by atoms with Gasteiger partial charge in [0.05, 0.1) is 23.0 Å². The average molecular weight is 412 g/mol. The summed E-state index contributed by atoms with van der Waals surface area (Å²) >= 11 is 0. The largest absolute Gasteiger partial charge is 0.433 e. The molecule has 2 N–H and O–H groups in total. The first-order chi connectivity index (χ1) is 13.1. The number of carbonyl (C=O) groups excluding carboxylic acids is 2. The van der Waals surface area contributed by atoms with Crippen molar-refractivity contribution >= 4 is 11.7 Å². The van der Waals surface area contributed by atoms with Gasteiger partial charge < -0.3 is 10.6 Å². The number of nitrogens with zero attached hydrogens (tertiary/aromatic N) is 3. The zero-order chi connectivity index (χ0) is 22.0. The van der Waals surface area contributed by atoms with Gasteiger partial charge in [0, 0.05) is 23.9 Å². The number of ketones is 1. The number of allylic oxidation sites excluding steroid dienone is 1. The minimum Gasteiger partial charge on any atom is -0.396 e. The number of halogens is 3. The van der Waals surface area contributed by atoms with Crippen LogP contribution in [0.3, 0.4) is 0 Å². The first-order valence-electron chi connectivity index (χ1n) is 9.56. The highest BCUT2D eigenvalue weighted by Crippen LogP contribution is 2.47. The number of nitrogens with two attached hydrogens (primary N) is 1. The van der Waals surface area contributed by atoms with Gasteiger partial charge >= 0.3 is 6.18 Å². The summed E-state index contributed by atoms with van der Waals surface area (Å²) in [4.78, 5) is 26.7. The Morgan fingerprint density at radius 1 is 1.24 bits per heavy atom. The van der Waals surface area contributed by atoms with Crippen LogP contribution in [0.4, 0.5) is 13.2 Å². The van der Waals surface area contributed by atoms with Gasteiger partial charge in [0.1, 0.15) is 0 Å². The van der Waals surface area contributed by atoms with E-state index in [1.807, 2.05) is 0 Å². The zero-order valence-electron chi connectivity index (χ0n) is 17.4. The van der Waals surface area contributed by atoms with Crippen molar-refractivity contribution in [3.8, 4) is 0 Å². The number of Topliss-reactive ketones (excluding diaryl/α,β-unsaturated/α-hetero) is 1. The van der Waals surface area contributed by atoms with E-state index in [4.69, 9.17) is 5.73 Å². The van der Waals surface area contributed by atoms with Crippen LogP contribution < -0.4 is 5.73 Å². The average Bonchev–Trinajstić information content (AvgIpc) is 3.15. The smallest absolute Gasteiger partial charge is 0.396 e. The van der Waals surface area contributed by atoms with Gasteiger partial charge in [-0.3, -0.25) is 14.3 Å². The zero-order valence-corrected chi connectivity index (χ0v) is 17.4. The minimum atomic E-state index is -4.71. The number of rotatable bonds is 1. The number of amides is 1. The third kappa shape index (κ3) is 3.67. The van der Waals surface area contributed by atoms with Gasteiger partial charge in [0.25, 0.3) is 5.91 Å². The first-order valence-corrected chi connectivity index (χ1v) is 9.56. The lowest BCUT2D eigenvalue weighted by molar-refractivity contribution is -0.146. The van der Waals surface area contributed by atoms with Crippen LogP contribution in [0.2, 0.25) is 0 Å². The predicted octanol–water partition coefficient (Wildman–Crippen LogP) is 3.33. The molecule has 0 unspecified atom stereocenters. The molecule has 1 aliphatic carbocycles. The molecule has 0 aromatic carbocycles. The van der Waals surface area contributed by atoms with E-state index in [0.717, 1.165) is 10.9 Å². The molecule has 1 aliphatic heterocycles. The summed E-state index contributed by atoms with van der Waals surface area (Å²) in [5, 5.41) is 3.87. The summed E-state index contributed by atoms with van der Waals surface area (Å²) in [5.74, 6) is -0.843. The predicted molar refractivity (Wildman–Crippen MR) is 101 cm³/mol. The van der Waals surface area contributed by atoms with E-state index in [9.17, 15) is 22.8 Å². The SMILES string of the molecule is CC1(C)C[C@]2(C=C(N)C1=O)CCN(C(=O)c1cnn(C(C)(C)C)c1C(F)(F)F)C2. The van der Waals surface area contributed by atoms with Crippen molar-refractivity contribution in [3.63, 3.8) is 0 Å². The lowest BCUT2D eigenvalue weighted by Gasteiger charge is -2.39. The summed E-state index contributed by atoms with van der Waals surface area (Å²) in [6.07, 6.45) is -0.978. The van der Waals surface area contributed by atoms with E-state index in [0.29, 0.717) is 19.4 Å². The van der Waals surface area contributed by atoms with Crippen molar-refractivity contribution in [3.05, 3.63) is 29.2 Å². The van der Waals surface area contributed by atoms with E-state index in [2.05, 4.69) is 5.10 Å². The summed E-state index contributed by atoms with van der Waals surface area (Å²) in [6.45, 7) is 8.92. The lowest BCUT2D eigenvalue weighted by Crippen LogP contribution is -2.42. The number of aromatic nitrogens is 2. The molecule has 2 aliphatic rings. The topological polar surface area (TPSA) is 81.2 Å². The van der Waals surface area contributed by atoms with Crippen molar-refractivity contribution < 1.29 is 22.8 Å².